The monoisotopic (exact) mass is 397 g/mol. The number of ether oxygens (including phenoxy) is 2. The zero-order chi connectivity index (χ0) is 21.0. The van der Waals surface area contributed by atoms with Crippen molar-refractivity contribution in [2.24, 2.45) is 7.05 Å². The van der Waals surface area contributed by atoms with Crippen LogP contribution in [-0.2, 0) is 24.9 Å². The van der Waals surface area contributed by atoms with Crippen LogP contribution in [0, 0.1) is 13.8 Å². The molecule has 0 aliphatic rings. The van der Waals surface area contributed by atoms with E-state index in [0.717, 1.165) is 17.0 Å². The summed E-state index contributed by atoms with van der Waals surface area (Å²) in [5.41, 5.74) is 3.33. The molecule has 29 heavy (non-hydrogen) atoms. The van der Waals surface area contributed by atoms with E-state index in [2.05, 4.69) is 15.2 Å². The number of hydrogen-bond acceptors (Lipinski definition) is 6. The quantitative estimate of drug-likeness (QED) is 0.616. The number of carbonyl (C=O) groups excluding carboxylic acids is 2. The molecule has 0 saturated carbocycles. The van der Waals surface area contributed by atoms with Gasteiger partial charge in [-0.05, 0) is 50.2 Å². The molecule has 0 aliphatic carbocycles. The lowest BCUT2D eigenvalue weighted by atomic mass is 10.2. The van der Waals surface area contributed by atoms with E-state index in [9.17, 15) is 9.59 Å². The highest BCUT2D eigenvalue weighted by molar-refractivity contribution is 5.91. The molecule has 2 heterocycles. The Labute approximate surface area is 168 Å². The number of nitrogens with zero attached hydrogens (tertiary/aromatic N) is 2. The fourth-order valence-corrected chi connectivity index (χ4v) is 2.87. The van der Waals surface area contributed by atoms with E-state index in [0.29, 0.717) is 23.6 Å². The minimum Gasteiger partial charge on any atom is -0.486 e. The first kappa shape index (κ1) is 20.2. The SMILES string of the molecule is COC(=O)c1ccc(OCc2ccc(C(=O)NCc3c(C)nn(C)c3C)o2)cc1. The fourth-order valence-electron chi connectivity index (χ4n) is 2.87. The molecule has 0 atom stereocenters. The minimum absolute atomic E-state index is 0.158. The van der Waals surface area contributed by atoms with Crippen molar-refractivity contribution in [3.8, 4) is 5.75 Å². The zero-order valence-corrected chi connectivity index (χ0v) is 16.8. The Hall–Kier alpha value is -3.55. The summed E-state index contributed by atoms with van der Waals surface area (Å²) in [6, 6.07) is 9.87. The predicted octanol–water partition coefficient (Wildman–Crippen LogP) is 2.93. The van der Waals surface area contributed by atoms with Crippen LogP contribution in [0.5, 0.6) is 5.75 Å². The van der Waals surface area contributed by atoms with Crippen molar-refractivity contribution in [2.75, 3.05) is 7.11 Å². The average molecular weight is 397 g/mol. The summed E-state index contributed by atoms with van der Waals surface area (Å²) >= 11 is 0. The van der Waals surface area contributed by atoms with Crippen molar-refractivity contribution < 1.29 is 23.5 Å². The summed E-state index contributed by atoms with van der Waals surface area (Å²) in [5.74, 6) is 0.587. The normalized spacial score (nSPS) is 10.6. The molecule has 0 unspecified atom stereocenters. The first-order valence-electron chi connectivity index (χ1n) is 9.06. The Morgan fingerprint density at radius 2 is 1.86 bits per heavy atom. The van der Waals surface area contributed by atoms with Crippen LogP contribution in [0.25, 0.3) is 0 Å². The van der Waals surface area contributed by atoms with Crippen molar-refractivity contribution in [1.82, 2.24) is 15.1 Å². The van der Waals surface area contributed by atoms with E-state index in [1.54, 1.807) is 41.1 Å². The zero-order valence-electron chi connectivity index (χ0n) is 16.8. The third kappa shape index (κ3) is 4.66. The Morgan fingerprint density at radius 1 is 1.14 bits per heavy atom. The van der Waals surface area contributed by atoms with Gasteiger partial charge in [-0.1, -0.05) is 0 Å². The van der Waals surface area contributed by atoms with E-state index >= 15 is 0 Å². The average Bonchev–Trinajstić information content (AvgIpc) is 3.29. The number of aryl methyl sites for hydroxylation is 2. The van der Waals surface area contributed by atoms with Gasteiger partial charge in [0.2, 0.25) is 0 Å². The molecule has 3 rings (SSSR count). The van der Waals surface area contributed by atoms with Gasteiger partial charge >= 0.3 is 5.97 Å². The summed E-state index contributed by atoms with van der Waals surface area (Å²) in [6.45, 7) is 4.41. The molecule has 0 radical (unpaired) electrons. The maximum Gasteiger partial charge on any atom is 0.337 e. The van der Waals surface area contributed by atoms with Gasteiger partial charge in [0.25, 0.3) is 5.91 Å². The molecule has 1 N–H and O–H groups in total. The molecule has 3 aromatic rings. The first-order valence-corrected chi connectivity index (χ1v) is 9.06. The van der Waals surface area contributed by atoms with Crippen molar-refractivity contribution in [3.05, 3.63) is 70.4 Å². The highest BCUT2D eigenvalue weighted by Crippen LogP contribution is 2.17. The third-order valence-corrected chi connectivity index (χ3v) is 4.63. The van der Waals surface area contributed by atoms with E-state index in [4.69, 9.17) is 9.15 Å². The fraction of sp³-hybridized carbons (Fsp3) is 0.286. The molecular weight excluding hydrogens is 374 g/mol. The van der Waals surface area contributed by atoms with Crippen LogP contribution >= 0.6 is 0 Å². The predicted molar refractivity (Wildman–Crippen MR) is 105 cm³/mol. The molecule has 1 amide bonds. The van der Waals surface area contributed by atoms with E-state index in [-0.39, 0.29) is 18.3 Å². The first-order chi connectivity index (χ1) is 13.9. The summed E-state index contributed by atoms with van der Waals surface area (Å²) < 4.78 is 17.6. The molecule has 8 nitrogen and oxygen atoms in total. The molecular formula is C21H23N3O5. The molecule has 1 aromatic carbocycles. The van der Waals surface area contributed by atoms with Gasteiger partial charge in [0.15, 0.2) is 5.76 Å². The van der Waals surface area contributed by atoms with Gasteiger partial charge in [0.1, 0.15) is 18.1 Å². The lowest BCUT2D eigenvalue weighted by molar-refractivity contribution is 0.0600. The van der Waals surface area contributed by atoms with Crippen LogP contribution in [0.4, 0.5) is 0 Å². The van der Waals surface area contributed by atoms with Gasteiger partial charge in [-0.2, -0.15) is 5.10 Å². The Kier molecular flexibility index (Phi) is 6.01. The van der Waals surface area contributed by atoms with Crippen LogP contribution in [0.1, 0.15) is 43.6 Å². The highest BCUT2D eigenvalue weighted by atomic mass is 16.5. The van der Waals surface area contributed by atoms with Crippen molar-refractivity contribution >= 4 is 11.9 Å². The van der Waals surface area contributed by atoms with E-state index < -0.39 is 5.97 Å². The number of aromatic nitrogens is 2. The maximum atomic E-state index is 12.3. The molecule has 152 valence electrons. The van der Waals surface area contributed by atoms with Crippen LogP contribution in [0.15, 0.2) is 40.8 Å². The van der Waals surface area contributed by atoms with Gasteiger partial charge in [-0.3, -0.25) is 9.48 Å². The largest absolute Gasteiger partial charge is 0.486 e. The standard InChI is InChI=1S/C21H23N3O5/c1-13-18(14(2)24(3)23-13)11-22-20(25)19-10-9-17(29-19)12-28-16-7-5-15(6-8-16)21(26)27-4/h5-10H,11-12H2,1-4H3,(H,22,25). The van der Waals surface area contributed by atoms with Crippen LogP contribution in [0.3, 0.4) is 0 Å². The maximum absolute atomic E-state index is 12.3. The third-order valence-electron chi connectivity index (χ3n) is 4.63. The van der Waals surface area contributed by atoms with Gasteiger partial charge in [-0.15, -0.1) is 0 Å². The van der Waals surface area contributed by atoms with Crippen molar-refractivity contribution in [2.45, 2.75) is 27.0 Å². The van der Waals surface area contributed by atoms with Crippen LogP contribution in [0.2, 0.25) is 0 Å². The number of nitrogens with one attached hydrogen (secondary N) is 1. The smallest absolute Gasteiger partial charge is 0.337 e. The highest BCUT2D eigenvalue weighted by Gasteiger charge is 2.14. The minimum atomic E-state index is -0.407. The van der Waals surface area contributed by atoms with Crippen molar-refractivity contribution in [1.29, 1.82) is 0 Å². The summed E-state index contributed by atoms with van der Waals surface area (Å²) in [4.78, 5) is 23.8. The second-order valence-corrected chi connectivity index (χ2v) is 6.53. The number of esters is 1. The molecule has 0 saturated heterocycles. The summed E-state index contributed by atoms with van der Waals surface area (Å²) in [7, 11) is 3.20. The molecule has 0 spiro atoms. The number of hydrogen-bond donors (Lipinski definition) is 1. The van der Waals surface area contributed by atoms with E-state index in [1.165, 1.54) is 7.11 Å². The number of furan rings is 1. The van der Waals surface area contributed by atoms with E-state index in [1.807, 2.05) is 20.9 Å². The van der Waals surface area contributed by atoms with Gasteiger partial charge in [-0.25, -0.2) is 4.79 Å². The molecule has 0 fully saturated rings. The number of rotatable bonds is 7. The van der Waals surface area contributed by atoms with Crippen molar-refractivity contribution in [3.63, 3.8) is 0 Å². The summed E-state index contributed by atoms with van der Waals surface area (Å²) in [5, 5.41) is 7.19. The van der Waals surface area contributed by atoms with Gasteiger partial charge in [0.05, 0.1) is 18.4 Å². The van der Waals surface area contributed by atoms with Gasteiger partial charge in [0, 0.05) is 24.8 Å². The topological polar surface area (TPSA) is 95.6 Å². The molecule has 2 aromatic heterocycles. The number of amides is 1. The number of carbonyl (C=O) groups is 2. The molecule has 0 bridgehead atoms. The van der Waals surface area contributed by atoms with Crippen LogP contribution in [-0.4, -0.2) is 28.8 Å². The second-order valence-electron chi connectivity index (χ2n) is 6.53. The number of benzene rings is 1. The molecule has 8 heteroatoms. The Bertz CT molecular complexity index is 1020. The molecule has 0 aliphatic heterocycles. The van der Waals surface area contributed by atoms with Crippen LogP contribution < -0.4 is 10.1 Å². The number of methoxy groups -OCH3 is 1. The lowest BCUT2D eigenvalue weighted by Crippen LogP contribution is -2.23. The van der Waals surface area contributed by atoms with Gasteiger partial charge < -0.3 is 19.2 Å². The Morgan fingerprint density at radius 3 is 2.48 bits per heavy atom. The Balaban J connectivity index is 1.54. The lowest BCUT2D eigenvalue weighted by Gasteiger charge is -2.06. The summed E-state index contributed by atoms with van der Waals surface area (Å²) in [6.07, 6.45) is 0. The second kappa shape index (κ2) is 8.64.